The van der Waals surface area contributed by atoms with E-state index in [-0.39, 0.29) is 6.04 Å². The molecule has 1 aliphatic carbocycles. The molecule has 0 radical (unpaired) electrons. The number of hydrogen-bond donors (Lipinski definition) is 1. The molecule has 3 rings (SSSR count). The lowest BCUT2D eigenvalue weighted by molar-refractivity contribution is 0.471. The number of tetrazole rings is 1. The SMILES string of the molecule is CCC(NCC1CC1)c1nnnn1-c1ccccc1. The van der Waals surface area contributed by atoms with Gasteiger partial charge in [-0.1, -0.05) is 25.1 Å². The first kappa shape index (κ1) is 12.3. The van der Waals surface area contributed by atoms with E-state index in [0.717, 1.165) is 30.4 Å². The highest BCUT2D eigenvalue weighted by molar-refractivity contribution is 5.30. The fraction of sp³-hybridized carbons (Fsp3) is 0.500. The van der Waals surface area contributed by atoms with E-state index >= 15 is 0 Å². The molecule has 0 spiro atoms. The van der Waals surface area contributed by atoms with Crippen LogP contribution in [-0.2, 0) is 0 Å². The van der Waals surface area contributed by atoms with Gasteiger partial charge in [0, 0.05) is 0 Å². The van der Waals surface area contributed by atoms with Gasteiger partial charge in [0.2, 0.25) is 0 Å². The predicted octanol–water partition coefficient (Wildman–Crippen LogP) is 2.11. The van der Waals surface area contributed by atoms with Gasteiger partial charge in [-0.15, -0.1) is 5.10 Å². The van der Waals surface area contributed by atoms with Crippen LogP contribution in [0.3, 0.4) is 0 Å². The molecule has 2 aromatic rings. The fourth-order valence-electron chi connectivity index (χ4n) is 2.21. The van der Waals surface area contributed by atoms with Gasteiger partial charge < -0.3 is 5.32 Å². The topological polar surface area (TPSA) is 55.6 Å². The van der Waals surface area contributed by atoms with Crippen LogP contribution >= 0.6 is 0 Å². The zero-order chi connectivity index (χ0) is 13.1. The standard InChI is InChI=1S/C14H19N5/c1-2-13(15-10-11-8-9-11)14-16-17-18-19(14)12-6-4-3-5-7-12/h3-7,11,13,15H,2,8-10H2,1H3. The van der Waals surface area contributed by atoms with Crippen LogP contribution in [0.2, 0.25) is 0 Å². The molecule has 0 amide bonds. The molecule has 0 saturated heterocycles. The summed E-state index contributed by atoms with van der Waals surface area (Å²) in [6.45, 7) is 3.23. The van der Waals surface area contributed by atoms with Crippen LogP contribution < -0.4 is 5.32 Å². The van der Waals surface area contributed by atoms with Gasteiger partial charge >= 0.3 is 0 Å². The number of para-hydroxylation sites is 1. The Morgan fingerprint density at radius 1 is 1.32 bits per heavy atom. The number of aromatic nitrogens is 4. The van der Waals surface area contributed by atoms with Crippen LogP contribution in [0.25, 0.3) is 5.69 Å². The van der Waals surface area contributed by atoms with E-state index in [2.05, 4.69) is 27.8 Å². The summed E-state index contributed by atoms with van der Waals surface area (Å²) in [4.78, 5) is 0. The van der Waals surface area contributed by atoms with Crippen molar-refractivity contribution in [3.05, 3.63) is 36.2 Å². The van der Waals surface area contributed by atoms with Crippen molar-refractivity contribution in [2.24, 2.45) is 5.92 Å². The minimum atomic E-state index is 0.218. The number of nitrogens with one attached hydrogen (secondary N) is 1. The van der Waals surface area contributed by atoms with Gasteiger partial charge in [0.25, 0.3) is 0 Å². The van der Waals surface area contributed by atoms with E-state index in [4.69, 9.17) is 0 Å². The molecule has 5 nitrogen and oxygen atoms in total. The van der Waals surface area contributed by atoms with E-state index < -0.39 is 0 Å². The van der Waals surface area contributed by atoms with Gasteiger partial charge in [0.1, 0.15) is 0 Å². The van der Waals surface area contributed by atoms with Crippen molar-refractivity contribution < 1.29 is 0 Å². The Hall–Kier alpha value is -1.75. The second-order valence-corrected chi connectivity index (χ2v) is 5.10. The molecule has 100 valence electrons. The van der Waals surface area contributed by atoms with Gasteiger partial charge in [0.15, 0.2) is 5.82 Å². The summed E-state index contributed by atoms with van der Waals surface area (Å²) >= 11 is 0. The number of benzene rings is 1. The van der Waals surface area contributed by atoms with E-state index in [1.54, 1.807) is 0 Å². The Morgan fingerprint density at radius 3 is 2.79 bits per heavy atom. The zero-order valence-corrected chi connectivity index (χ0v) is 11.2. The second kappa shape index (κ2) is 5.48. The molecular formula is C14H19N5. The average molecular weight is 257 g/mol. The fourth-order valence-corrected chi connectivity index (χ4v) is 2.21. The molecule has 1 atom stereocenters. The number of nitrogens with zero attached hydrogens (tertiary/aromatic N) is 4. The summed E-state index contributed by atoms with van der Waals surface area (Å²) in [5.41, 5.74) is 1.01. The molecular weight excluding hydrogens is 238 g/mol. The molecule has 5 heteroatoms. The van der Waals surface area contributed by atoms with E-state index in [0.29, 0.717) is 0 Å². The minimum Gasteiger partial charge on any atom is -0.307 e. The van der Waals surface area contributed by atoms with Crippen LogP contribution in [0.4, 0.5) is 0 Å². The molecule has 1 saturated carbocycles. The lowest BCUT2D eigenvalue weighted by Gasteiger charge is -2.16. The Labute approximate surface area is 113 Å². The largest absolute Gasteiger partial charge is 0.307 e. The molecule has 0 bridgehead atoms. The average Bonchev–Trinajstić information content (AvgIpc) is 3.16. The normalized spacial score (nSPS) is 16.5. The Kier molecular flexibility index (Phi) is 3.55. The van der Waals surface area contributed by atoms with Gasteiger partial charge in [-0.05, 0) is 54.3 Å². The van der Waals surface area contributed by atoms with Crippen LogP contribution in [0.15, 0.2) is 30.3 Å². The highest BCUT2D eigenvalue weighted by atomic mass is 15.5. The molecule has 1 N–H and O–H groups in total. The number of hydrogen-bond acceptors (Lipinski definition) is 4. The third-order valence-corrected chi connectivity index (χ3v) is 3.56. The summed E-state index contributed by atoms with van der Waals surface area (Å²) in [7, 11) is 0. The summed E-state index contributed by atoms with van der Waals surface area (Å²) in [6.07, 6.45) is 3.69. The molecule has 1 unspecified atom stereocenters. The summed E-state index contributed by atoms with van der Waals surface area (Å²) in [5.74, 6) is 1.75. The van der Waals surface area contributed by atoms with Crippen LogP contribution in [0, 0.1) is 5.92 Å². The van der Waals surface area contributed by atoms with Gasteiger partial charge in [0.05, 0.1) is 11.7 Å². The zero-order valence-electron chi connectivity index (χ0n) is 11.2. The predicted molar refractivity (Wildman–Crippen MR) is 72.9 cm³/mol. The van der Waals surface area contributed by atoms with Crippen LogP contribution in [-0.4, -0.2) is 26.8 Å². The molecule has 1 heterocycles. The van der Waals surface area contributed by atoms with Crippen LogP contribution in [0.1, 0.15) is 38.1 Å². The highest BCUT2D eigenvalue weighted by Crippen LogP contribution is 2.29. The maximum Gasteiger partial charge on any atom is 0.173 e. The third kappa shape index (κ3) is 2.81. The maximum atomic E-state index is 4.20. The van der Waals surface area contributed by atoms with Gasteiger partial charge in [-0.2, -0.15) is 4.68 Å². The number of rotatable bonds is 6. The van der Waals surface area contributed by atoms with Gasteiger partial charge in [-0.25, -0.2) is 0 Å². The van der Waals surface area contributed by atoms with E-state index in [9.17, 15) is 0 Å². The second-order valence-electron chi connectivity index (χ2n) is 5.10. The first-order valence-electron chi connectivity index (χ1n) is 6.95. The Balaban J connectivity index is 1.81. The lowest BCUT2D eigenvalue weighted by atomic mass is 10.2. The van der Waals surface area contributed by atoms with Crippen molar-refractivity contribution in [2.75, 3.05) is 6.54 Å². The molecule has 1 aromatic carbocycles. The van der Waals surface area contributed by atoms with Gasteiger partial charge in [-0.3, -0.25) is 0 Å². The van der Waals surface area contributed by atoms with Crippen LogP contribution in [0.5, 0.6) is 0 Å². The maximum absolute atomic E-state index is 4.20. The van der Waals surface area contributed by atoms with Crippen molar-refractivity contribution in [2.45, 2.75) is 32.2 Å². The van der Waals surface area contributed by atoms with Crippen molar-refractivity contribution >= 4 is 0 Å². The lowest BCUT2D eigenvalue weighted by Crippen LogP contribution is -2.26. The Bertz CT molecular complexity index is 518. The molecule has 1 aliphatic rings. The molecule has 19 heavy (non-hydrogen) atoms. The first-order chi connectivity index (χ1) is 9.38. The summed E-state index contributed by atoms with van der Waals surface area (Å²) in [5, 5.41) is 15.7. The molecule has 0 aliphatic heterocycles. The van der Waals surface area contributed by atoms with Crippen molar-refractivity contribution in [1.29, 1.82) is 0 Å². The van der Waals surface area contributed by atoms with Crippen molar-refractivity contribution in [1.82, 2.24) is 25.5 Å². The third-order valence-electron chi connectivity index (χ3n) is 3.56. The first-order valence-corrected chi connectivity index (χ1v) is 6.95. The minimum absolute atomic E-state index is 0.218. The molecule has 1 fully saturated rings. The summed E-state index contributed by atoms with van der Waals surface area (Å²) < 4.78 is 1.83. The quantitative estimate of drug-likeness (QED) is 0.861. The summed E-state index contributed by atoms with van der Waals surface area (Å²) in [6, 6.07) is 10.3. The highest BCUT2D eigenvalue weighted by Gasteiger charge is 2.24. The molecule has 1 aromatic heterocycles. The van der Waals surface area contributed by atoms with Crippen molar-refractivity contribution in [3.63, 3.8) is 0 Å². The van der Waals surface area contributed by atoms with E-state index in [1.807, 2.05) is 35.0 Å². The van der Waals surface area contributed by atoms with Crippen molar-refractivity contribution in [3.8, 4) is 5.69 Å². The van der Waals surface area contributed by atoms with E-state index in [1.165, 1.54) is 12.8 Å². The monoisotopic (exact) mass is 257 g/mol. The Morgan fingerprint density at radius 2 is 2.11 bits per heavy atom. The smallest absolute Gasteiger partial charge is 0.173 e.